The first-order chi connectivity index (χ1) is 13.2. The van der Waals surface area contributed by atoms with Crippen LogP contribution in [-0.4, -0.2) is 16.1 Å². The van der Waals surface area contributed by atoms with Gasteiger partial charge in [0.15, 0.2) is 0 Å². The van der Waals surface area contributed by atoms with Gasteiger partial charge >= 0.3 is 5.97 Å². The zero-order valence-electron chi connectivity index (χ0n) is 14.5. The maximum absolute atomic E-state index is 12.3. The van der Waals surface area contributed by atoms with Gasteiger partial charge in [-0.2, -0.15) is 0 Å². The Morgan fingerprint density at radius 1 is 0.926 bits per heavy atom. The summed E-state index contributed by atoms with van der Waals surface area (Å²) >= 11 is 1.59. The topological polar surface area (TPSA) is 50.2 Å². The molecular weight excluding hydrogens is 354 g/mol. The van der Waals surface area contributed by atoms with Crippen molar-refractivity contribution in [2.75, 3.05) is 0 Å². The number of carboxylic acids is 1. The van der Waals surface area contributed by atoms with Crippen LogP contribution in [0.25, 0.3) is 21.3 Å². The van der Waals surface area contributed by atoms with Crippen LogP contribution in [0.3, 0.4) is 0 Å². The molecule has 1 N–H and O–H groups in total. The molecule has 4 aromatic rings. The van der Waals surface area contributed by atoms with Gasteiger partial charge in [-0.1, -0.05) is 60.7 Å². The number of aliphatic carboxylic acids is 1. The number of carboxylic acid groups (broad SMARTS) is 1. The zero-order valence-corrected chi connectivity index (χ0v) is 15.3. The van der Waals surface area contributed by atoms with E-state index in [1.807, 2.05) is 48.5 Å². The highest BCUT2D eigenvalue weighted by molar-refractivity contribution is 7.18. The highest BCUT2D eigenvalue weighted by Crippen LogP contribution is 2.49. The molecule has 1 aliphatic carbocycles. The Morgan fingerprint density at radius 2 is 1.52 bits per heavy atom. The van der Waals surface area contributed by atoms with Crippen molar-refractivity contribution in [2.45, 2.75) is 12.3 Å². The number of carbonyl (C=O) groups is 1. The molecule has 1 atom stereocenters. The quantitative estimate of drug-likeness (QED) is 0.526. The first kappa shape index (κ1) is 16.2. The molecule has 0 unspecified atom stereocenters. The Morgan fingerprint density at radius 3 is 2.15 bits per heavy atom. The minimum Gasteiger partial charge on any atom is -0.481 e. The summed E-state index contributed by atoms with van der Waals surface area (Å²) in [5, 5.41) is 11.0. The Bertz CT molecular complexity index is 1090. The lowest BCUT2D eigenvalue weighted by molar-refractivity contribution is -0.142. The molecule has 5 rings (SSSR count). The molecule has 3 nitrogen and oxygen atoms in total. The van der Waals surface area contributed by atoms with E-state index in [0.29, 0.717) is 6.42 Å². The number of para-hydroxylation sites is 1. The number of nitrogens with zero attached hydrogens (tertiary/aromatic N) is 1. The fourth-order valence-corrected chi connectivity index (χ4v) is 5.20. The number of benzene rings is 3. The lowest BCUT2D eigenvalue weighted by Gasteiger charge is -2.21. The lowest BCUT2D eigenvalue weighted by Crippen LogP contribution is -2.24. The van der Waals surface area contributed by atoms with Crippen LogP contribution in [0.4, 0.5) is 0 Å². The molecule has 3 aromatic carbocycles. The minimum absolute atomic E-state index is 0.151. The van der Waals surface area contributed by atoms with Crippen molar-refractivity contribution in [3.05, 3.63) is 88.9 Å². The zero-order chi connectivity index (χ0) is 18.4. The average molecular weight is 371 g/mol. The second kappa shape index (κ2) is 6.32. The number of fused-ring (bicyclic) bond motifs is 4. The first-order valence-corrected chi connectivity index (χ1v) is 9.79. The molecular formula is C23H17NO2S. The van der Waals surface area contributed by atoms with E-state index >= 15 is 0 Å². The predicted molar refractivity (Wildman–Crippen MR) is 108 cm³/mol. The molecule has 1 heterocycles. The maximum atomic E-state index is 12.3. The summed E-state index contributed by atoms with van der Waals surface area (Å²) in [4.78, 5) is 17.0. The number of hydrogen-bond acceptors (Lipinski definition) is 3. The van der Waals surface area contributed by atoms with Gasteiger partial charge in [0.1, 0.15) is 0 Å². The largest absolute Gasteiger partial charge is 0.481 e. The van der Waals surface area contributed by atoms with Gasteiger partial charge in [0, 0.05) is 12.3 Å². The van der Waals surface area contributed by atoms with E-state index in [4.69, 9.17) is 0 Å². The fraction of sp³-hybridized carbons (Fsp3) is 0.130. The molecule has 4 heteroatoms. The molecule has 0 saturated heterocycles. The van der Waals surface area contributed by atoms with Crippen molar-refractivity contribution >= 4 is 27.5 Å². The van der Waals surface area contributed by atoms with Crippen LogP contribution in [0.15, 0.2) is 72.8 Å². The Balaban J connectivity index is 1.60. The van der Waals surface area contributed by atoms with Crippen molar-refractivity contribution in [1.82, 2.24) is 4.98 Å². The minimum atomic E-state index is -0.772. The normalized spacial score (nSPS) is 14.1. The molecule has 0 saturated carbocycles. The molecule has 0 fully saturated rings. The lowest BCUT2D eigenvalue weighted by atomic mass is 9.82. The molecule has 0 bridgehead atoms. The van der Waals surface area contributed by atoms with Gasteiger partial charge < -0.3 is 5.11 Å². The van der Waals surface area contributed by atoms with E-state index < -0.39 is 11.9 Å². The summed E-state index contributed by atoms with van der Waals surface area (Å²) in [5.41, 5.74) is 5.44. The van der Waals surface area contributed by atoms with E-state index in [0.717, 1.165) is 37.5 Å². The second-order valence-corrected chi connectivity index (χ2v) is 7.99. The summed E-state index contributed by atoms with van der Waals surface area (Å²) in [7, 11) is 0. The van der Waals surface area contributed by atoms with Gasteiger partial charge in [0.05, 0.1) is 21.1 Å². The summed E-state index contributed by atoms with van der Waals surface area (Å²) in [5.74, 6) is -1.47. The molecule has 0 radical (unpaired) electrons. The third-order valence-corrected chi connectivity index (χ3v) is 6.39. The smallest absolute Gasteiger partial charge is 0.307 e. The first-order valence-electron chi connectivity index (χ1n) is 8.98. The molecule has 132 valence electrons. The molecule has 27 heavy (non-hydrogen) atoms. The van der Waals surface area contributed by atoms with Crippen molar-refractivity contribution < 1.29 is 9.90 Å². The summed E-state index contributed by atoms with van der Waals surface area (Å²) in [6, 6.07) is 24.3. The SMILES string of the molecule is O=C(O)[C@@H](Cc1nc2ccccc2s1)C1c2ccccc2-c2ccccc21. The third kappa shape index (κ3) is 2.64. The van der Waals surface area contributed by atoms with E-state index in [1.165, 1.54) is 0 Å². The molecule has 0 spiro atoms. The van der Waals surface area contributed by atoms with Crippen LogP contribution in [0.2, 0.25) is 0 Å². The van der Waals surface area contributed by atoms with Crippen molar-refractivity contribution in [3.8, 4) is 11.1 Å². The third-order valence-electron chi connectivity index (χ3n) is 5.33. The standard InChI is InChI=1S/C23H17NO2S/c25-23(26)18(13-21-24-19-11-5-6-12-20(19)27-21)22-16-9-3-1-7-14(16)15-8-2-4-10-17(15)22/h1-12,18,22H,13H2,(H,25,26)/t18-/m0/s1. The summed E-state index contributed by atoms with van der Waals surface area (Å²) in [6.45, 7) is 0. The molecule has 0 aliphatic heterocycles. The van der Waals surface area contributed by atoms with Crippen LogP contribution in [0.1, 0.15) is 22.1 Å². The number of thiazole rings is 1. The van der Waals surface area contributed by atoms with Gasteiger partial charge in [-0.15, -0.1) is 11.3 Å². The Labute approximate surface area is 160 Å². The van der Waals surface area contributed by atoms with Crippen LogP contribution in [-0.2, 0) is 11.2 Å². The monoisotopic (exact) mass is 371 g/mol. The van der Waals surface area contributed by atoms with Crippen LogP contribution < -0.4 is 0 Å². The van der Waals surface area contributed by atoms with E-state index in [-0.39, 0.29) is 5.92 Å². The van der Waals surface area contributed by atoms with Gasteiger partial charge in [-0.3, -0.25) is 4.79 Å². The van der Waals surface area contributed by atoms with Crippen molar-refractivity contribution in [2.24, 2.45) is 5.92 Å². The van der Waals surface area contributed by atoms with Gasteiger partial charge in [-0.25, -0.2) is 4.98 Å². The molecule has 1 aliphatic rings. The van der Waals surface area contributed by atoms with Gasteiger partial charge in [0.2, 0.25) is 0 Å². The van der Waals surface area contributed by atoms with E-state index in [2.05, 4.69) is 29.2 Å². The highest BCUT2D eigenvalue weighted by atomic mass is 32.1. The molecule has 1 aromatic heterocycles. The second-order valence-electron chi connectivity index (χ2n) is 6.88. The summed E-state index contributed by atoms with van der Waals surface area (Å²) in [6.07, 6.45) is 0.433. The fourth-order valence-electron chi connectivity index (χ4n) is 4.17. The number of hydrogen-bond donors (Lipinski definition) is 1. The maximum Gasteiger partial charge on any atom is 0.307 e. The van der Waals surface area contributed by atoms with E-state index in [1.54, 1.807) is 11.3 Å². The summed E-state index contributed by atoms with van der Waals surface area (Å²) < 4.78 is 1.10. The van der Waals surface area contributed by atoms with Crippen molar-refractivity contribution in [1.29, 1.82) is 0 Å². The van der Waals surface area contributed by atoms with Crippen LogP contribution in [0, 0.1) is 5.92 Å². The Kier molecular flexibility index (Phi) is 3.80. The van der Waals surface area contributed by atoms with Crippen LogP contribution in [0.5, 0.6) is 0 Å². The molecule has 0 amide bonds. The van der Waals surface area contributed by atoms with E-state index in [9.17, 15) is 9.90 Å². The van der Waals surface area contributed by atoms with Gasteiger partial charge in [0.25, 0.3) is 0 Å². The highest BCUT2D eigenvalue weighted by Gasteiger charge is 2.38. The average Bonchev–Trinajstić information content (AvgIpc) is 3.24. The van der Waals surface area contributed by atoms with Crippen LogP contribution >= 0.6 is 11.3 Å². The number of rotatable bonds is 4. The van der Waals surface area contributed by atoms with Gasteiger partial charge in [-0.05, 0) is 34.4 Å². The number of aromatic nitrogens is 1. The van der Waals surface area contributed by atoms with Crippen molar-refractivity contribution in [3.63, 3.8) is 0 Å². The Hall–Kier alpha value is -2.98. The predicted octanol–water partition coefficient (Wildman–Crippen LogP) is 5.35.